The molecule has 0 aliphatic rings. The fraction of sp³-hybridized carbons (Fsp3) is 0.412. The highest BCUT2D eigenvalue weighted by Crippen LogP contribution is 2.13. The van der Waals surface area contributed by atoms with Gasteiger partial charge in [0.05, 0.1) is 11.9 Å². The molecular weight excluding hydrogens is 308 g/mol. The van der Waals surface area contributed by atoms with Crippen molar-refractivity contribution in [2.45, 2.75) is 20.4 Å². The van der Waals surface area contributed by atoms with Gasteiger partial charge in [-0.05, 0) is 12.0 Å². The third-order valence-electron chi connectivity index (χ3n) is 3.52. The third-order valence-corrected chi connectivity index (χ3v) is 3.52. The lowest BCUT2D eigenvalue weighted by atomic mass is 10.1. The van der Waals surface area contributed by atoms with Crippen molar-refractivity contribution in [2.24, 2.45) is 5.92 Å². The molecule has 128 valence electrons. The van der Waals surface area contributed by atoms with Crippen LogP contribution in [0.15, 0.2) is 29.1 Å². The Morgan fingerprint density at radius 3 is 2.42 bits per heavy atom. The summed E-state index contributed by atoms with van der Waals surface area (Å²) >= 11 is 0. The van der Waals surface area contributed by atoms with Gasteiger partial charge in [0.2, 0.25) is 5.91 Å². The van der Waals surface area contributed by atoms with E-state index in [4.69, 9.17) is 0 Å². The first kappa shape index (κ1) is 17.7. The molecule has 7 heteroatoms. The number of fused-ring (bicyclic) bond motifs is 1. The van der Waals surface area contributed by atoms with Crippen molar-refractivity contribution in [3.63, 3.8) is 0 Å². The Bertz CT molecular complexity index is 824. The summed E-state index contributed by atoms with van der Waals surface area (Å²) in [6.07, 6.45) is 0. The van der Waals surface area contributed by atoms with Crippen molar-refractivity contribution in [1.82, 2.24) is 20.0 Å². The Hall–Kier alpha value is -2.70. The number of hydrogen-bond donors (Lipinski definition) is 1. The molecule has 0 fully saturated rings. The molecule has 1 heterocycles. The minimum atomic E-state index is -0.473. The number of nitrogens with zero attached hydrogens (tertiary/aromatic N) is 3. The lowest BCUT2D eigenvalue weighted by Gasteiger charge is -2.14. The average Bonchev–Trinajstić information content (AvgIpc) is 2.54. The molecule has 2 aromatic rings. The summed E-state index contributed by atoms with van der Waals surface area (Å²) in [5, 5.41) is 7.72. The van der Waals surface area contributed by atoms with Gasteiger partial charge in [0, 0.05) is 26.0 Å². The van der Waals surface area contributed by atoms with Gasteiger partial charge in [-0.25, -0.2) is 4.68 Å². The summed E-state index contributed by atoms with van der Waals surface area (Å²) in [5.41, 5.74) is -0.0716. The predicted molar refractivity (Wildman–Crippen MR) is 91.9 cm³/mol. The van der Waals surface area contributed by atoms with Crippen LogP contribution in [0.1, 0.15) is 24.3 Å². The van der Waals surface area contributed by atoms with Crippen LogP contribution in [-0.2, 0) is 11.3 Å². The zero-order valence-corrected chi connectivity index (χ0v) is 14.4. The first-order valence-electron chi connectivity index (χ1n) is 7.79. The lowest BCUT2D eigenvalue weighted by molar-refractivity contribution is -0.127. The summed E-state index contributed by atoms with van der Waals surface area (Å²) in [7, 11) is 3.23. The van der Waals surface area contributed by atoms with Gasteiger partial charge in [-0.2, -0.15) is 5.10 Å². The second kappa shape index (κ2) is 7.25. The molecule has 0 atom stereocenters. The van der Waals surface area contributed by atoms with Crippen molar-refractivity contribution in [3.05, 3.63) is 40.3 Å². The zero-order chi connectivity index (χ0) is 17.9. The molecular formula is C17H22N4O3. The van der Waals surface area contributed by atoms with Gasteiger partial charge in [-0.15, -0.1) is 0 Å². The van der Waals surface area contributed by atoms with Crippen LogP contribution < -0.4 is 10.9 Å². The number of amides is 2. The van der Waals surface area contributed by atoms with E-state index in [-0.39, 0.29) is 29.6 Å². The largest absolute Gasteiger partial charge is 0.347 e. The second-order valence-corrected chi connectivity index (χ2v) is 6.25. The SMILES string of the molecule is CC(C)Cn1nc(C(=O)NCC(=O)N(C)C)c2ccccc2c1=O. The Kier molecular flexibility index (Phi) is 5.33. The maximum absolute atomic E-state index is 12.5. The van der Waals surface area contributed by atoms with Crippen LogP contribution in [-0.4, -0.2) is 47.1 Å². The number of carbonyl (C=O) groups is 2. The van der Waals surface area contributed by atoms with Gasteiger partial charge in [-0.1, -0.05) is 32.0 Å². The smallest absolute Gasteiger partial charge is 0.274 e. The van der Waals surface area contributed by atoms with E-state index in [0.29, 0.717) is 17.3 Å². The van der Waals surface area contributed by atoms with Gasteiger partial charge in [0.1, 0.15) is 0 Å². The number of benzene rings is 1. The first-order chi connectivity index (χ1) is 11.3. The molecule has 24 heavy (non-hydrogen) atoms. The molecule has 0 saturated carbocycles. The molecule has 2 rings (SSSR count). The Balaban J connectivity index is 2.44. The van der Waals surface area contributed by atoms with Crippen molar-refractivity contribution >= 4 is 22.6 Å². The van der Waals surface area contributed by atoms with Gasteiger partial charge < -0.3 is 10.2 Å². The minimum absolute atomic E-state index is 0.120. The molecule has 0 unspecified atom stereocenters. The Labute approximate surface area is 140 Å². The van der Waals surface area contributed by atoms with E-state index in [1.807, 2.05) is 13.8 Å². The molecule has 0 aliphatic carbocycles. The summed E-state index contributed by atoms with van der Waals surface area (Å²) in [6, 6.07) is 6.86. The molecule has 1 N–H and O–H groups in total. The monoisotopic (exact) mass is 330 g/mol. The molecule has 7 nitrogen and oxygen atoms in total. The molecule has 0 radical (unpaired) electrons. The first-order valence-corrected chi connectivity index (χ1v) is 7.79. The van der Waals surface area contributed by atoms with Crippen LogP contribution in [0.25, 0.3) is 10.8 Å². The molecule has 0 saturated heterocycles. The molecule has 0 bridgehead atoms. The molecule has 1 aromatic carbocycles. The van der Waals surface area contributed by atoms with Crippen LogP contribution in [0.3, 0.4) is 0 Å². The van der Waals surface area contributed by atoms with Crippen LogP contribution in [0.2, 0.25) is 0 Å². The number of nitrogens with one attached hydrogen (secondary N) is 1. The second-order valence-electron chi connectivity index (χ2n) is 6.25. The summed E-state index contributed by atoms with van der Waals surface area (Å²) < 4.78 is 1.32. The van der Waals surface area contributed by atoms with E-state index in [9.17, 15) is 14.4 Å². The summed E-state index contributed by atoms with van der Waals surface area (Å²) in [4.78, 5) is 38.0. The molecule has 2 amide bonds. The number of aromatic nitrogens is 2. The topological polar surface area (TPSA) is 84.3 Å². The molecule has 1 aromatic heterocycles. The van der Waals surface area contributed by atoms with Crippen LogP contribution >= 0.6 is 0 Å². The summed E-state index contributed by atoms with van der Waals surface area (Å²) in [5.74, 6) is -0.482. The van der Waals surface area contributed by atoms with Crippen LogP contribution in [0.5, 0.6) is 0 Å². The fourth-order valence-corrected chi connectivity index (χ4v) is 2.27. The number of hydrogen-bond acceptors (Lipinski definition) is 4. The lowest BCUT2D eigenvalue weighted by Crippen LogP contribution is -2.37. The normalized spacial score (nSPS) is 10.9. The highest BCUT2D eigenvalue weighted by molar-refractivity contribution is 6.05. The maximum atomic E-state index is 12.5. The van der Waals surface area contributed by atoms with Crippen molar-refractivity contribution < 1.29 is 9.59 Å². The maximum Gasteiger partial charge on any atom is 0.274 e. The standard InChI is InChI=1S/C17H22N4O3/c1-11(2)10-21-17(24)13-8-6-5-7-12(13)15(19-21)16(23)18-9-14(22)20(3)4/h5-8,11H,9-10H2,1-4H3,(H,18,23). The van der Waals surface area contributed by atoms with Gasteiger partial charge in [0.25, 0.3) is 11.5 Å². The summed E-state index contributed by atoms with van der Waals surface area (Å²) in [6.45, 7) is 4.24. The highest BCUT2D eigenvalue weighted by Gasteiger charge is 2.18. The highest BCUT2D eigenvalue weighted by atomic mass is 16.2. The number of likely N-dealkylation sites (N-methyl/N-ethyl adjacent to an activating group) is 1. The Morgan fingerprint density at radius 1 is 1.21 bits per heavy atom. The van der Waals surface area contributed by atoms with Gasteiger partial charge >= 0.3 is 0 Å². The van der Waals surface area contributed by atoms with E-state index >= 15 is 0 Å². The fourth-order valence-electron chi connectivity index (χ4n) is 2.27. The van der Waals surface area contributed by atoms with Gasteiger partial charge in [-0.3, -0.25) is 14.4 Å². The minimum Gasteiger partial charge on any atom is -0.347 e. The van der Waals surface area contributed by atoms with Crippen molar-refractivity contribution in [3.8, 4) is 0 Å². The van der Waals surface area contributed by atoms with Crippen molar-refractivity contribution in [2.75, 3.05) is 20.6 Å². The number of carbonyl (C=O) groups excluding carboxylic acids is 2. The molecule has 0 spiro atoms. The quantitative estimate of drug-likeness (QED) is 0.882. The molecule has 0 aliphatic heterocycles. The van der Waals surface area contributed by atoms with E-state index in [0.717, 1.165) is 0 Å². The van der Waals surface area contributed by atoms with Gasteiger partial charge in [0.15, 0.2) is 5.69 Å². The predicted octanol–water partition coefficient (Wildman–Crippen LogP) is 0.870. The van der Waals surface area contributed by atoms with Crippen LogP contribution in [0.4, 0.5) is 0 Å². The van der Waals surface area contributed by atoms with Crippen LogP contribution in [0, 0.1) is 5.92 Å². The number of rotatable bonds is 5. The Morgan fingerprint density at radius 2 is 1.83 bits per heavy atom. The zero-order valence-electron chi connectivity index (χ0n) is 14.4. The third kappa shape index (κ3) is 3.79. The van der Waals surface area contributed by atoms with E-state index in [2.05, 4.69) is 10.4 Å². The van der Waals surface area contributed by atoms with E-state index < -0.39 is 5.91 Å². The van der Waals surface area contributed by atoms with Crippen molar-refractivity contribution in [1.29, 1.82) is 0 Å². The van der Waals surface area contributed by atoms with E-state index in [1.54, 1.807) is 38.4 Å². The average molecular weight is 330 g/mol. The van der Waals surface area contributed by atoms with E-state index in [1.165, 1.54) is 9.58 Å².